The van der Waals surface area contributed by atoms with E-state index in [0.717, 1.165) is 22.3 Å². The lowest BCUT2D eigenvalue weighted by molar-refractivity contribution is -0.115. The number of thioether (sulfide) groups is 1. The van der Waals surface area contributed by atoms with Gasteiger partial charge in [-0.1, -0.05) is 30.0 Å². The summed E-state index contributed by atoms with van der Waals surface area (Å²) in [4.78, 5) is 16.6. The van der Waals surface area contributed by atoms with Crippen LogP contribution in [0, 0.1) is 0 Å². The predicted molar refractivity (Wildman–Crippen MR) is 100 cm³/mol. The second-order valence-corrected chi connectivity index (χ2v) is 6.82. The Kier molecular flexibility index (Phi) is 5.40. The van der Waals surface area contributed by atoms with E-state index in [4.69, 9.17) is 4.74 Å². The summed E-state index contributed by atoms with van der Waals surface area (Å²) in [6.45, 7) is 1.86. The Balaban J connectivity index is 1.57. The summed E-state index contributed by atoms with van der Waals surface area (Å²) in [6, 6.07) is 16.9. The van der Waals surface area contributed by atoms with Crippen molar-refractivity contribution in [2.45, 2.75) is 17.3 Å². The van der Waals surface area contributed by atoms with Gasteiger partial charge < -0.3 is 14.6 Å². The van der Waals surface area contributed by atoms with Crippen LogP contribution in [-0.2, 0) is 11.8 Å². The molecule has 0 spiro atoms. The Morgan fingerprint density at radius 1 is 1.12 bits per heavy atom. The summed E-state index contributed by atoms with van der Waals surface area (Å²) < 4.78 is 7.63. The molecule has 25 heavy (non-hydrogen) atoms. The third-order valence-electron chi connectivity index (χ3n) is 3.53. The Morgan fingerprint density at radius 3 is 2.44 bits per heavy atom. The van der Waals surface area contributed by atoms with E-state index in [9.17, 15) is 4.79 Å². The van der Waals surface area contributed by atoms with E-state index < -0.39 is 0 Å². The quantitative estimate of drug-likeness (QED) is 0.670. The van der Waals surface area contributed by atoms with Gasteiger partial charge in [0.05, 0.1) is 5.25 Å². The number of aromatic nitrogens is 2. The van der Waals surface area contributed by atoms with Crippen LogP contribution in [0.25, 0.3) is 0 Å². The Hall–Kier alpha value is -2.73. The number of ether oxygens (including phenoxy) is 1. The number of nitrogens with zero attached hydrogens (tertiary/aromatic N) is 2. The standard InChI is InChI=1S/C19H19N3O2S/c1-14(25-19-20-12-13-22(19)2)18(23)21-15-8-10-17(11-9-15)24-16-6-4-3-5-7-16/h3-14H,1-2H3,(H,21,23)/t14-/m0/s1. The largest absolute Gasteiger partial charge is 0.457 e. The fraction of sp³-hybridized carbons (Fsp3) is 0.158. The van der Waals surface area contributed by atoms with E-state index in [-0.39, 0.29) is 11.2 Å². The predicted octanol–water partition coefficient (Wildman–Crippen LogP) is 4.33. The molecule has 1 N–H and O–H groups in total. The van der Waals surface area contributed by atoms with Crippen molar-refractivity contribution >= 4 is 23.4 Å². The number of nitrogens with one attached hydrogen (secondary N) is 1. The van der Waals surface area contributed by atoms with Gasteiger partial charge in [0.25, 0.3) is 0 Å². The monoisotopic (exact) mass is 353 g/mol. The highest BCUT2D eigenvalue weighted by Gasteiger charge is 2.16. The fourth-order valence-corrected chi connectivity index (χ4v) is 2.98. The van der Waals surface area contributed by atoms with Gasteiger partial charge in [-0.05, 0) is 43.3 Å². The minimum absolute atomic E-state index is 0.0651. The molecule has 1 amide bonds. The Labute approximate surface area is 151 Å². The number of hydrogen-bond acceptors (Lipinski definition) is 4. The van der Waals surface area contributed by atoms with Crippen LogP contribution in [0.3, 0.4) is 0 Å². The molecule has 0 aliphatic heterocycles. The molecule has 0 aliphatic rings. The number of aryl methyl sites for hydroxylation is 1. The smallest absolute Gasteiger partial charge is 0.237 e. The van der Waals surface area contributed by atoms with E-state index in [1.165, 1.54) is 11.8 Å². The molecule has 0 fully saturated rings. The van der Waals surface area contributed by atoms with Crippen LogP contribution in [0.1, 0.15) is 6.92 Å². The van der Waals surface area contributed by atoms with Gasteiger partial charge >= 0.3 is 0 Å². The summed E-state index contributed by atoms with van der Waals surface area (Å²) in [6.07, 6.45) is 3.58. The number of rotatable bonds is 6. The molecule has 2 aromatic carbocycles. The summed E-state index contributed by atoms with van der Waals surface area (Å²) in [7, 11) is 1.91. The average Bonchev–Trinajstić information content (AvgIpc) is 3.02. The minimum Gasteiger partial charge on any atom is -0.457 e. The lowest BCUT2D eigenvalue weighted by Gasteiger charge is -2.12. The molecule has 1 heterocycles. The first-order valence-electron chi connectivity index (χ1n) is 7.89. The number of para-hydroxylation sites is 1. The van der Waals surface area contributed by atoms with Crippen LogP contribution in [-0.4, -0.2) is 20.7 Å². The molecule has 5 nitrogen and oxygen atoms in total. The summed E-state index contributed by atoms with van der Waals surface area (Å²) >= 11 is 1.42. The van der Waals surface area contributed by atoms with Crippen molar-refractivity contribution in [2.75, 3.05) is 5.32 Å². The number of benzene rings is 2. The van der Waals surface area contributed by atoms with Gasteiger partial charge in [0.15, 0.2) is 5.16 Å². The average molecular weight is 353 g/mol. The van der Waals surface area contributed by atoms with E-state index >= 15 is 0 Å². The second kappa shape index (κ2) is 7.90. The summed E-state index contributed by atoms with van der Waals surface area (Å²) in [5, 5.41) is 3.48. The van der Waals surface area contributed by atoms with Crippen LogP contribution < -0.4 is 10.1 Å². The lowest BCUT2D eigenvalue weighted by atomic mass is 10.3. The van der Waals surface area contributed by atoms with Crippen molar-refractivity contribution in [3.63, 3.8) is 0 Å². The molecule has 0 bridgehead atoms. The molecule has 6 heteroatoms. The molecule has 1 atom stereocenters. The van der Waals surface area contributed by atoms with Gasteiger partial charge in [0, 0.05) is 25.1 Å². The van der Waals surface area contributed by atoms with Gasteiger partial charge in [-0.25, -0.2) is 4.98 Å². The summed E-state index contributed by atoms with van der Waals surface area (Å²) in [5.41, 5.74) is 0.734. The van der Waals surface area contributed by atoms with Gasteiger partial charge in [0.1, 0.15) is 11.5 Å². The molecule has 1 aromatic heterocycles. The maximum absolute atomic E-state index is 12.3. The molecule has 128 valence electrons. The van der Waals surface area contributed by atoms with E-state index in [0.29, 0.717) is 0 Å². The topological polar surface area (TPSA) is 56.2 Å². The van der Waals surface area contributed by atoms with Gasteiger partial charge in [-0.3, -0.25) is 4.79 Å². The van der Waals surface area contributed by atoms with Gasteiger partial charge in [-0.15, -0.1) is 0 Å². The van der Waals surface area contributed by atoms with Crippen molar-refractivity contribution in [3.8, 4) is 11.5 Å². The number of hydrogen-bond donors (Lipinski definition) is 1. The van der Waals surface area contributed by atoms with Crippen LogP contribution in [0.15, 0.2) is 72.1 Å². The Morgan fingerprint density at radius 2 is 1.80 bits per heavy atom. The van der Waals surface area contributed by atoms with Crippen LogP contribution >= 0.6 is 11.8 Å². The molecular formula is C19H19N3O2S. The summed E-state index contributed by atoms with van der Waals surface area (Å²) in [5.74, 6) is 1.43. The minimum atomic E-state index is -0.249. The first kappa shape index (κ1) is 17.1. The number of amides is 1. The highest BCUT2D eigenvalue weighted by atomic mass is 32.2. The zero-order chi connectivity index (χ0) is 17.6. The normalized spacial score (nSPS) is 11.8. The molecule has 3 aromatic rings. The van der Waals surface area contributed by atoms with Crippen molar-refractivity contribution in [2.24, 2.45) is 7.05 Å². The van der Waals surface area contributed by atoms with Crippen molar-refractivity contribution in [1.29, 1.82) is 0 Å². The highest BCUT2D eigenvalue weighted by Crippen LogP contribution is 2.24. The first-order chi connectivity index (χ1) is 12.1. The zero-order valence-corrected chi connectivity index (χ0v) is 14.9. The van der Waals surface area contributed by atoms with E-state index in [1.807, 2.05) is 79.3 Å². The Bertz CT molecular complexity index is 831. The number of anilines is 1. The van der Waals surface area contributed by atoms with Crippen LogP contribution in [0.4, 0.5) is 5.69 Å². The van der Waals surface area contributed by atoms with Crippen molar-refractivity contribution in [1.82, 2.24) is 9.55 Å². The van der Waals surface area contributed by atoms with E-state index in [2.05, 4.69) is 10.3 Å². The number of carbonyl (C=O) groups excluding carboxylic acids is 1. The molecular weight excluding hydrogens is 334 g/mol. The zero-order valence-electron chi connectivity index (χ0n) is 14.0. The third-order valence-corrected chi connectivity index (χ3v) is 4.70. The van der Waals surface area contributed by atoms with Gasteiger partial charge in [-0.2, -0.15) is 0 Å². The second-order valence-electron chi connectivity index (χ2n) is 5.51. The SMILES string of the molecule is C[C@H](Sc1nccn1C)C(=O)Nc1ccc(Oc2ccccc2)cc1. The number of carbonyl (C=O) groups is 1. The van der Waals surface area contributed by atoms with Crippen LogP contribution in [0.2, 0.25) is 0 Å². The molecule has 3 rings (SSSR count). The maximum atomic E-state index is 12.3. The third kappa shape index (κ3) is 4.64. The fourth-order valence-electron chi connectivity index (χ4n) is 2.15. The van der Waals surface area contributed by atoms with Crippen molar-refractivity contribution in [3.05, 3.63) is 67.0 Å². The maximum Gasteiger partial charge on any atom is 0.237 e. The molecule has 0 radical (unpaired) electrons. The van der Waals surface area contributed by atoms with Crippen LogP contribution in [0.5, 0.6) is 11.5 Å². The first-order valence-corrected chi connectivity index (χ1v) is 8.77. The molecule has 0 aliphatic carbocycles. The molecule has 0 saturated heterocycles. The van der Waals surface area contributed by atoms with Crippen molar-refractivity contribution < 1.29 is 9.53 Å². The molecule has 0 saturated carbocycles. The lowest BCUT2D eigenvalue weighted by Crippen LogP contribution is -2.22. The number of imidazole rings is 1. The highest BCUT2D eigenvalue weighted by molar-refractivity contribution is 8.00. The van der Waals surface area contributed by atoms with Gasteiger partial charge in [0.2, 0.25) is 5.91 Å². The molecule has 0 unspecified atom stereocenters. The van der Waals surface area contributed by atoms with E-state index in [1.54, 1.807) is 6.20 Å².